The van der Waals surface area contributed by atoms with Gasteiger partial charge in [-0.2, -0.15) is 0 Å². The van der Waals surface area contributed by atoms with Crippen molar-refractivity contribution in [1.82, 2.24) is 10.6 Å². The Bertz CT molecular complexity index is 510. The summed E-state index contributed by atoms with van der Waals surface area (Å²) in [6.45, 7) is 2.37. The number of nitrogens with one attached hydrogen (secondary N) is 2. The number of carbonyl (C=O) groups is 2. The second kappa shape index (κ2) is 5.94. The van der Waals surface area contributed by atoms with E-state index in [4.69, 9.17) is 5.11 Å². The van der Waals surface area contributed by atoms with E-state index >= 15 is 0 Å². The highest BCUT2D eigenvalue weighted by molar-refractivity contribution is 5.75. The molecule has 0 heterocycles. The van der Waals surface area contributed by atoms with E-state index in [1.807, 2.05) is 19.1 Å². The summed E-state index contributed by atoms with van der Waals surface area (Å²) in [5, 5.41) is 14.6. The van der Waals surface area contributed by atoms with Crippen LogP contribution in [0.5, 0.6) is 0 Å². The first-order valence-electron chi connectivity index (χ1n) is 6.83. The van der Waals surface area contributed by atoms with Crippen LogP contribution in [-0.4, -0.2) is 22.6 Å². The molecule has 0 saturated heterocycles. The highest BCUT2D eigenvalue weighted by Gasteiger charge is 2.32. The standard InChI is InChI=1S/C15H20N2O3/c1-15(7-4-8-15)17-14(20)16-10-12-6-3-2-5-11(12)9-13(18)19/h2-3,5-6H,4,7-10H2,1H3,(H,18,19)(H2,16,17,20). The van der Waals surface area contributed by atoms with Crippen LogP contribution in [0.4, 0.5) is 4.79 Å². The lowest BCUT2D eigenvalue weighted by molar-refractivity contribution is -0.136. The number of carboxylic acids is 1. The van der Waals surface area contributed by atoms with Crippen molar-refractivity contribution in [3.8, 4) is 0 Å². The monoisotopic (exact) mass is 276 g/mol. The molecular formula is C15H20N2O3. The number of amides is 2. The molecule has 108 valence electrons. The third kappa shape index (κ3) is 3.73. The number of rotatable bonds is 5. The number of aliphatic carboxylic acids is 1. The fraction of sp³-hybridized carbons (Fsp3) is 0.467. The third-order valence-corrected chi connectivity index (χ3v) is 3.77. The first-order valence-corrected chi connectivity index (χ1v) is 6.83. The van der Waals surface area contributed by atoms with Crippen molar-refractivity contribution in [3.63, 3.8) is 0 Å². The molecule has 0 radical (unpaired) electrons. The highest BCUT2D eigenvalue weighted by Crippen LogP contribution is 2.30. The maximum Gasteiger partial charge on any atom is 0.315 e. The van der Waals surface area contributed by atoms with E-state index in [0.717, 1.165) is 30.4 Å². The van der Waals surface area contributed by atoms with Crippen molar-refractivity contribution in [2.24, 2.45) is 0 Å². The molecule has 0 aromatic heterocycles. The lowest BCUT2D eigenvalue weighted by atomic mass is 9.79. The van der Waals surface area contributed by atoms with Gasteiger partial charge in [0.1, 0.15) is 0 Å². The number of benzene rings is 1. The van der Waals surface area contributed by atoms with Gasteiger partial charge in [0.25, 0.3) is 0 Å². The molecule has 0 aliphatic heterocycles. The van der Waals surface area contributed by atoms with Crippen LogP contribution in [0.1, 0.15) is 37.3 Å². The van der Waals surface area contributed by atoms with Crippen LogP contribution in [0.15, 0.2) is 24.3 Å². The lowest BCUT2D eigenvalue weighted by Gasteiger charge is -2.39. The van der Waals surface area contributed by atoms with Crippen LogP contribution in [0, 0.1) is 0 Å². The zero-order valence-corrected chi connectivity index (χ0v) is 11.6. The molecule has 0 atom stereocenters. The van der Waals surface area contributed by atoms with E-state index in [9.17, 15) is 9.59 Å². The van der Waals surface area contributed by atoms with E-state index in [2.05, 4.69) is 10.6 Å². The Kier molecular flexibility index (Phi) is 4.27. The smallest absolute Gasteiger partial charge is 0.315 e. The summed E-state index contributed by atoms with van der Waals surface area (Å²) < 4.78 is 0. The molecule has 1 saturated carbocycles. The second-order valence-electron chi connectivity index (χ2n) is 5.56. The molecule has 1 fully saturated rings. The van der Waals surface area contributed by atoms with Gasteiger partial charge in [0.2, 0.25) is 0 Å². The summed E-state index contributed by atoms with van der Waals surface area (Å²) in [7, 11) is 0. The Morgan fingerprint density at radius 3 is 2.45 bits per heavy atom. The molecule has 1 aliphatic rings. The van der Waals surface area contributed by atoms with E-state index in [0.29, 0.717) is 6.54 Å². The fourth-order valence-corrected chi connectivity index (χ4v) is 2.39. The quantitative estimate of drug-likeness (QED) is 0.770. The van der Waals surface area contributed by atoms with Crippen molar-refractivity contribution in [1.29, 1.82) is 0 Å². The van der Waals surface area contributed by atoms with Gasteiger partial charge in [0.05, 0.1) is 6.42 Å². The van der Waals surface area contributed by atoms with Gasteiger partial charge in [-0.15, -0.1) is 0 Å². The molecule has 3 N–H and O–H groups in total. The van der Waals surface area contributed by atoms with Crippen molar-refractivity contribution in [2.75, 3.05) is 0 Å². The van der Waals surface area contributed by atoms with Crippen molar-refractivity contribution < 1.29 is 14.7 Å². The van der Waals surface area contributed by atoms with Crippen molar-refractivity contribution in [2.45, 2.75) is 44.7 Å². The molecule has 5 heteroatoms. The molecule has 1 aromatic rings. The summed E-state index contributed by atoms with van der Waals surface area (Å²) in [6.07, 6.45) is 3.14. The molecule has 2 rings (SSSR count). The van der Waals surface area contributed by atoms with E-state index < -0.39 is 5.97 Å². The molecule has 0 bridgehead atoms. The van der Waals surface area contributed by atoms with Crippen LogP contribution >= 0.6 is 0 Å². The maximum absolute atomic E-state index is 11.8. The SMILES string of the molecule is CC1(NC(=O)NCc2ccccc2CC(=O)O)CCC1. The van der Waals surface area contributed by atoms with Crippen LogP contribution in [0.2, 0.25) is 0 Å². The molecule has 1 aromatic carbocycles. The zero-order valence-electron chi connectivity index (χ0n) is 11.6. The Balaban J connectivity index is 1.90. The average Bonchev–Trinajstić information content (AvgIpc) is 2.35. The molecule has 0 unspecified atom stereocenters. The number of carboxylic acid groups (broad SMARTS) is 1. The average molecular weight is 276 g/mol. The molecule has 20 heavy (non-hydrogen) atoms. The lowest BCUT2D eigenvalue weighted by Crippen LogP contribution is -2.54. The zero-order chi connectivity index (χ0) is 14.6. The largest absolute Gasteiger partial charge is 0.481 e. The van der Waals surface area contributed by atoms with Crippen LogP contribution in [-0.2, 0) is 17.8 Å². The van der Waals surface area contributed by atoms with Gasteiger partial charge in [-0.25, -0.2) is 4.79 Å². The van der Waals surface area contributed by atoms with Gasteiger partial charge >= 0.3 is 12.0 Å². The van der Waals surface area contributed by atoms with Gasteiger partial charge in [0, 0.05) is 12.1 Å². The third-order valence-electron chi connectivity index (χ3n) is 3.77. The molecule has 5 nitrogen and oxygen atoms in total. The maximum atomic E-state index is 11.8. The predicted octanol–water partition coefficient (Wildman–Crippen LogP) is 2.06. The minimum absolute atomic E-state index is 0.0306. The summed E-state index contributed by atoms with van der Waals surface area (Å²) in [4.78, 5) is 22.6. The molecule has 0 spiro atoms. The number of urea groups is 1. The first-order chi connectivity index (χ1) is 9.48. The van der Waals surface area contributed by atoms with Gasteiger partial charge in [-0.1, -0.05) is 24.3 Å². The molecule has 1 aliphatic carbocycles. The Labute approximate surface area is 118 Å². The van der Waals surface area contributed by atoms with Crippen LogP contribution in [0.25, 0.3) is 0 Å². The summed E-state index contributed by atoms with van der Waals surface area (Å²) in [5.74, 6) is -0.871. The van der Waals surface area contributed by atoms with E-state index in [-0.39, 0.29) is 18.0 Å². The molecular weight excluding hydrogens is 256 g/mol. The topological polar surface area (TPSA) is 78.4 Å². The van der Waals surface area contributed by atoms with Gasteiger partial charge in [-0.05, 0) is 37.3 Å². The van der Waals surface area contributed by atoms with Crippen LogP contribution in [0.3, 0.4) is 0 Å². The Morgan fingerprint density at radius 1 is 1.25 bits per heavy atom. The summed E-state index contributed by atoms with van der Waals surface area (Å²) in [5.41, 5.74) is 1.49. The highest BCUT2D eigenvalue weighted by atomic mass is 16.4. The van der Waals surface area contributed by atoms with Crippen molar-refractivity contribution >= 4 is 12.0 Å². The van der Waals surface area contributed by atoms with E-state index in [1.165, 1.54) is 0 Å². The second-order valence-corrected chi connectivity index (χ2v) is 5.56. The first kappa shape index (κ1) is 14.4. The number of hydrogen-bond acceptors (Lipinski definition) is 2. The van der Waals surface area contributed by atoms with Crippen molar-refractivity contribution in [3.05, 3.63) is 35.4 Å². The van der Waals surface area contributed by atoms with E-state index in [1.54, 1.807) is 12.1 Å². The van der Waals surface area contributed by atoms with Gasteiger partial charge in [-0.3, -0.25) is 4.79 Å². The Hall–Kier alpha value is -2.04. The minimum Gasteiger partial charge on any atom is -0.481 e. The normalized spacial score (nSPS) is 16.1. The number of hydrogen-bond donors (Lipinski definition) is 3. The van der Waals surface area contributed by atoms with Crippen LogP contribution < -0.4 is 10.6 Å². The molecule has 2 amide bonds. The Morgan fingerprint density at radius 2 is 1.90 bits per heavy atom. The fourth-order valence-electron chi connectivity index (χ4n) is 2.39. The summed E-state index contributed by atoms with van der Waals surface area (Å²) >= 11 is 0. The summed E-state index contributed by atoms with van der Waals surface area (Å²) in [6, 6.07) is 7.06. The number of carbonyl (C=O) groups excluding carboxylic acids is 1. The van der Waals surface area contributed by atoms with Gasteiger partial charge < -0.3 is 15.7 Å². The minimum atomic E-state index is -0.871. The predicted molar refractivity (Wildman–Crippen MR) is 75.4 cm³/mol. The van der Waals surface area contributed by atoms with Gasteiger partial charge in [0.15, 0.2) is 0 Å².